The van der Waals surface area contributed by atoms with Crippen molar-refractivity contribution < 1.29 is 4.79 Å². The van der Waals surface area contributed by atoms with Gasteiger partial charge < -0.3 is 5.32 Å². The molecule has 0 atom stereocenters. The molecule has 0 aliphatic heterocycles. The zero-order valence-electron chi connectivity index (χ0n) is 8.73. The van der Waals surface area contributed by atoms with Crippen molar-refractivity contribution in [3.8, 4) is 0 Å². The highest BCUT2D eigenvalue weighted by Gasteiger charge is 2.08. The number of nitrogens with one attached hydrogen (secondary N) is 2. The first kappa shape index (κ1) is 10.2. The summed E-state index contributed by atoms with van der Waals surface area (Å²) < 4.78 is 0.933. The average Bonchev–Trinajstić information content (AvgIpc) is 2.59. The Bertz CT molecular complexity index is 554. The summed E-state index contributed by atoms with van der Waals surface area (Å²) in [6, 6.07) is 9.82. The molecular weight excluding hydrogens is 206 g/mol. The van der Waals surface area contributed by atoms with E-state index in [0.29, 0.717) is 11.4 Å². The Hall–Kier alpha value is -2.30. The number of amides is 1. The zero-order valence-corrected chi connectivity index (χ0v) is 8.73. The summed E-state index contributed by atoms with van der Waals surface area (Å²) in [5.41, 5.74) is 0.922. The summed E-state index contributed by atoms with van der Waals surface area (Å²) in [6.45, 7) is 1.72. The molecule has 2 rings (SSSR count). The molecule has 0 saturated heterocycles. The molecule has 1 aromatic heterocycles. The van der Waals surface area contributed by atoms with E-state index >= 15 is 0 Å². The van der Waals surface area contributed by atoms with Gasteiger partial charge in [-0.1, -0.05) is 18.2 Å². The van der Waals surface area contributed by atoms with Crippen molar-refractivity contribution in [3.63, 3.8) is 0 Å². The van der Waals surface area contributed by atoms with Crippen molar-refractivity contribution in [1.82, 2.24) is 9.78 Å². The molecule has 2 N–H and O–H groups in total. The Kier molecular flexibility index (Phi) is 2.59. The molecule has 1 amide bonds. The summed E-state index contributed by atoms with van der Waals surface area (Å²) in [7, 11) is 0. The number of carbonyl (C=O) groups excluding carboxylic acids is 1. The van der Waals surface area contributed by atoms with E-state index in [1.807, 2.05) is 6.07 Å². The second kappa shape index (κ2) is 4.06. The lowest BCUT2D eigenvalue weighted by Crippen LogP contribution is -2.29. The fourth-order valence-corrected chi connectivity index (χ4v) is 1.37. The number of aryl methyl sites for hydroxylation is 1. The molecule has 1 heterocycles. The van der Waals surface area contributed by atoms with Crippen LogP contribution in [-0.4, -0.2) is 15.8 Å². The normalized spacial score (nSPS) is 10.1. The van der Waals surface area contributed by atoms with Gasteiger partial charge >= 0.3 is 6.03 Å². The van der Waals surface area contributed by atoms with E-state index in [1.165, 1.54) is 6.07 Å². The highest BCUT2D eigenvalue weighted by atomic mass is 16.2. The Labute approximate surface area is 91.7 Å². The van der Waals surface area contributed by atoms with Gasteiger partial charge in [-0.25, -0.2) is 4.79 Å². The van der Waals surface area contributed by atoms with E-state index < -0.39 is 6.03 Å². The fourth-order valence-electron chi connectivity index (χ4n) is 1.37. The van der Waals surface area contributed by atoms with Gasteiger partial charge in [0.05, 0.1) is 0 Å². The Morgan fingerprint density at radius 2 is 2.00 bits per heavy atom. The quantitative estimate of drug-likeness (QED) is 0.761. The third-order valence-corrected chi connectivity index (χ3v) is 2.08. The molecule has 0 saturated carbocycles. The van der Waals surface area contributed by atoms with Crippen LogP contribution >= 0.6 is 0 Å². The van der Waals surface area contributed by atoms with Crippen molar-refractivity contribution in [2.24, 2.45) is 0 Å². The van der Waals surface area contributed by atoms with Crippen LogP contribution in [0.25, 0.3) is 0 Å². The topological polar surface area (TPSA) is 66.9 Å². The number of rotatable bonds is 1. The Morgan fingerprint density at radius 1 is 1.31 bits per heavy atom. The summed E-state index contributed by atoms with van der Waals surface area (Å²) in [5.74, 6) is 0. The molecule has 0 fully saturated rings. The number of hydrogen-bond acceptors (Lipinski definition) is 2. The molecule has 5 nitrogen and oxygen atoms in total. The van der Waals surface area contributed by atoms with Crippen LogP contribution in [0.15, 0.2) is 41.2 Å². The second-order valence-electron chi connectivity index (χ2n) is 3.41. The minimum atomic E-state index is -0.496. The van der Waals surface area contributed by atoms with Crippen molar-refractivity contribution >= 4 is 11.7 Å². The van der Waals surface area contributed by atoms with Crippen LogP contribution in [-0.2, 0) is 0 Å². The maximum absolute atomic E-state index is 11.7. The number of carbonyl (C=O) groups is 1. The van der Waals surface area contributed by atoms with Gasteiger partial charge in [-0.3, -0.25) is 9.89 Å². The van der Waals surface area contributed by atoms with E-state index in [4.69, 9.17) is 0 Å². The van der Waals surface area contributed by atoms with Crippen LogP contribution in [0.5, 0.6) is 0 Å². The molecular formula is C11H11N3O2. The van der Waals surface area contributed by atoms with Gasteiger partial charge in [0.1, 0.15) is 0 Å². The lowest BCUT2D eigenvalue weighted by atomic mass is 10.3. The summed E-state index contributed by atoms with van der Waals surface area (Å²) >= 11 is 0. The van der Waals surface area contributed by atoms with E-state index in [0.717, 1.165) is 4.68 Å². The van der Waals surface area contributed by atoms with Crippen molar-refractivity contribution in [3.05, 3.63) is 52.4 Å². The molecule has 5 heteroatoms. The average molecular weight is 217 g/mol. The zero-order chi connectivity index (χ0) is 11.5. The molecule has 0 unspecified atom stereocenters. The SMILES string of the molecule is Cc1cc(=O)n(C(=O)Nc2ccccc2)[nH]1. The number of H-pyrrole nitrogens is 1. The van der Waals surface area contributed by atoms with Gasteiger partial charge in [-0.05, 0) is 19.1 Å². The van der Waals surface area contributed by atoms with Crippen LogP contribution < -0.4 is 10.9 Å². The number of para-hydroxylation sites is 1. The molecule has 0 aliphatic rings. The fraction of sp³-hybridized carbons (Fsp3) is 0.0909. The lowest BCUT2D eigenvalue weighted by Gasteiger charge is -2.03. The summed E-state index contributed by atoms with van der Waals surface area (Å²) in [4.78, 5) is 23.0. The molecule has 82 valence electrons. The van der Waals surface area contributed by atoms with E-state index in [-0.39, 0.29) is 5.56 Å². The molecule has 0 radical (unpaired) electrons. The lowest BCUT2D eigenvalue weighted by molar-refractivity contribution is 0.250. The van der Waals surface area contributed by atoms with Crippen LogP contribution in [0.2, 0.25) is 0 Å². The summed E-state index contributed by atoms with van der Waals surface area (Å²) in [6.07, 6.45) is 0. The van der Waals surface area contributed by atoms with Crippen molar-refractivity contribution in [2.75, 3.05) is 5.32 Å². The van der Waals surface area contributed by atoms with Crippen LogP contribution in [0, 0.1) is 6.92 Å². The minimum Gasteiger partial charge on any atom is -0.306 e. The number of aromatic nitrogens is 2. The highest BCUT2D eigenvalue weighted by Crippen LogP contribution is 2.04. The first-order valence-corrected chi connectivity index (χ1v) is 4.82. The first-order valence-electron chi connectivity index (χ1n) is 4.82. The standard InChI is InChI=1S/C11H11N3O2/c1-8-7-10(15)14(13-8)11(16)12-9-5-3-2-4-6-9/h2-7,13H,1H3,(H,12,16). The molecule has 2 aromatic rings. The molecule has 1 aromatic carbocycles. The maximum atomic E-state index is 11.7. The molecule has 0 bridgehead atoms. The highest BCUT2D eigenvalue weighted by molar-refractivity contribution is 5.90. The van der Waals surface area contributed by atoms with Gasteiger partial charge in [-0.2, -0.15) is 4.68 Å². The minimum absolute atomic E-state index is 0.370. The predicted molar refractivity (Wildman–Crippen MR) is 60.6 cm³/mol. The summed E-state index contributed by atoms with van der Waals surface area (Å²) in [5, 5.41) is 5.26. The Balaban J connectivity index is 2.21. The molecule has 16 heavy (non-hydrogen) atoms. The number of benzene rings is 1. The smallest absolute Gasteiger partial charge is 0.306 e. The van der Waals surface area contributed by atoms with Crippen molar-refractivity contribution in [1.29, 1.82) is 0 Å². The van der Waals surface area contributed by atoms with Crippen molar-refractivity contribution in [2.45, 2.75) is 6.92 Å². The molecule has 0 aliphatic carbocycles. The predicted octanol–water partition coefficient (Wildman–Crippen LogP) is 1.57. The van der Waals surface area contributed by atoms with Gasteiger partial charge in [-0.15, -0.1) is 0 Å². The number of nitrogens with zero attached hydrogens (tertiary/aromatic N) is 1. The van der Waals surface area contributed by atoms with Crippen LogP contribution in [0.1, 0.15) is 5.69 Å². The van der Waals surface area contributed by atoms with Gasteiger partial charge in [0.2, 0.25) is 0 Å². The van der Waals surface area contributed by atoms with E-state index in [9.17, 15) is 9.59 Å². The third kappa shape index (κ3) is 2.03. The van der Waals surface area contributed by atoms with Gasteiger partial charge in [0.15, 0.2) is 0 Å². The van der Waals surface area contributed by atoms with E-state index in [2.05, 4.69) is 10.4 Å². The van der Waals surface area contributed by atoms with E-state index in [1.54, 1.807) is 31.2 Å². The van der Waals surface area contributed by atoms with Crippen LogP contribution in [0.3, 0.4) is 0 Å². The first-order chi connectivity index (χ1) is 7.66. The second-order valence-corrected chi connectivity index (χ2v) is 3.41. The van der Waals surface area contributed by atoms with Gasteiger partial charge in [0, 0.05) is 17.4 Å². The monoisotopic (exact) mass is 217 g/mol. The van der Waals surface area contributed by atoms with Crippen LogP contribution in [0.4, 0.5) is 10.5 Å². The third-order valence-electron chi connectivity index (χ3n) is 2.08. The number of anilines is 1. The number of hydrogen-bond donors (Lipinski definition) is 2. The molecule has 0 spiro atoms. The largest absolute Gasteiger partial charge is 0.348 e. The Morgan fingerprint density at radius 3 is 2.56 bits per heavy atom. The van der Waals surface area contributed by atoms with Gasteiger partial charge in [0.25, 0.3) is 5.56 Å². The number of aromatic amines is 1. The maximum Gasteiger partial charge on any atom is 0.348 e.